The summed E-state index contributed by atoms with van der Waals surface area (Å²) < 4.78 is 11.7. The van der Waals surface area contributed by atoms with E-state index in [0.717, 1.165) is 22.4 Å². The van der Waals surface area contributed by atoms with Crippen LogP contribution in [0.2, 0.25) is 0 Å². The van der Waals surface area contributed by atoms with Crippen LogP contribution in [0.1, 0.15) is 75.7 Å². The zero-order valence-electron chi connectivity index (χ0n) is 16.1. The van der Waals surface area contributed by atoms with Gasteiger partial charge in [0.15, 0.2) is 0 Å². The Bertz CT molecular complexity index is 881. The van der Waals surface area contributed by atoms with Crippen LogP contribution in [0.3, 0.4) is 0 Å². The van der Waals surface area contributed by atoms with E-state index >= 15 is 0 Å². The topological polar surface area (TPSA) is 93.1 Å². The van der Waals surface area contributed by atoms with Gasteiger partial charge in [-0.05, 0) is 46.5 Å². The first-order chi connectivity index (χ1) is 13.3. The molecule has 1 aliphatic heterocycles. The largest absolute Gasteiger partial charge is 0.478 e. The van der Waals surface area contributed by atoms with E-state index in [0.29, 0.717) is 13.2 Å². The fourth-order valence-electron chi connectivity index (χ4n) is 3.55. The van der Waals surface area contributed by atoms with E-state index < -0.39 is 17.7 Å². The molecule has 1 aromatic carbocycles. The molecule has 0 aliphatic carbocycles. The highest BCUT2D eigenvalue weighted by Crippen LogP contribution is 2.42. The minimum absolute atomic E-state index is 0.00591. The third kappa shape index (κ3) is 3.70. The molecule has 1 aromatic heterocycles. The Hall–Kier alpha value is -2.22. The summed E-state index contributed by atoms with van der Waals surface area (Å²) in [6.45, 7) is 7.30. The molecule has 2 atom stereocenters. The normalized spacial score (nSPS) is 18.0. The van der Waals surface area contributed by atoms with Gasteiger partial charge in [0.05, 0.1) is 29.2 Å². The molecule has 0 bridgehead atoms. The molecule has 2 aromatic rings. The number of carbonyl (C=O) groups is 2. The Labute approximate surface area is 167 Å². The van der Waals surface area contributed by atoms with E-state index in [9.17, 15) is 19.8 Å². The number of ether oxygens (including phenoxy) is 2. The maximum Gasteiger partial charge on any atom is 0.336 e. The van der Waals surface area contributed by atoms with Crippen molar-refractivity contribution in [2.24, 2.45) is 0 Å². The van der Waals surface area contributed by atoms with Crippen LogP contribution >= 0.6 is 11.3 Å². The van der Waals surface area contributed by atoms with Crippen LogP contribution in [-0.2, 0) is 15.3 Å². The lowest BCUT2D eigenvalue weighted by Crippen LogP contribution is -2.24. The highest BCUT2D eigenvalue weighted by atomic mass is 32.1. The summed E-state index contributed by atoms with van der Waals surface area (Å²) in [5, 5.41) is 20.7. The number of carboxylic acids is 2. The van der Waals surface area contributed by atoms with Crippen molar-refractivity contribution in [1.29, 1.82) is 0 Å². The Morgan fingerprint density at radius 3 is 2.21 bits per heavy atom. The second kappa shape index (κ2) is 8.03. The van der Waals surface area contributed by atoms with Gasteiger partial charge in [-0.3, -0.25) is 0 Å². The second-order valence-corrected chi connectivity index (χ2v) is 7.95. The summed E-state index contributed by atoms with van der Waals surface area (Å²) in [4.78, 5) is 23.8. The van der Waals surface area contributed by atoms with Crippen LogP contribution in [0.25, 0.3) is 0 Å². The molecule has 2 unspecified atom stereocenters. The summed E-state index contributed by atoms with van der Waals surface area (Å²) in [5.41, 5.74) is 1.53. The third-order valence-corrected chi connectivity index (χ3v) is 6.59. The first kappa shape index (κ1) is 20.5. The fourth-order valence-corrected chi connectivity index (χ4v) is 4.74. The van der Waals surface area contributed by atoms with Gasteiger partial charge in [0, 0.05) is 6.42 Å². The average molecular weight is 404 g/mol. The lowest BCUT2D eigenvalue weighted by atomic mass is 9.84. The van der Waals surface area contributed by atoms with Gasteiger partial charge in [-0.25, -0.2) is 9.59 Å². The van der Waals surface area contributed by atoms with Crippen molar-refractivity contribution in [3.8, 4) is 0 Å². The van der Waals surface area contributed by atoms with E-state index in [4.69, 9.17) is 9.47 Å². The standard InChI is InChI=1S/C21H24O6S/c1-4-21(26-7-8-27-21)18-10-15(11-28-18)13(3)12(2)14-5-6-16(19(22)23)17(9-14)20(24)25/h5-6,9-13H,4,7-8H2,1-3H3,(H,22,23)(H,24,25). The molecule has 3 rings (SSSR count). The number of benzene rings is 1. The summed E-state index contributed by atoms with van der Waals surface area (Å²) in [7, 11) is 0. The van der Waals surface area contributed by atoms with Gasteiger partial charge in [0.25, 0.3) is 0 Å². The van der Waals surface area contributed by atoms with Crippen LogP contribution in [-0.4, -0.2) is 35.4 Å². The van der Waals surface area contributed by atoms with Gasteiger partial charge in [-0.1, -0.05) is 26.8 Å². The summed E-state index contributed by atoms with van der Waals surface area (Å²) >= 11 is 1.60. The average Bonchev–Trinajstić information content (AvgIpc) is 3.36. The number of carboxylic acid groups (broad SMARTS) is 2. The zero-order valence-corrected chi connectivity index (χ0v) is 16.9. The number of hydrogen-bond acceptors (Lipinski definition) is 5. The molecule has 1 aliphatic rings. The Morgan fingerprint density at radius 2 is 1.64 bits per heavy atom. The summed E-state index contributed by atoms with van der Waals surface area (Å²) in [5.74, 6) is -3.03. The molecule has 0 saturated carbocycles. The van der Waals surface area contributed by atoms with Crippen LogP contribution in [0.5, 0.6) is 0 Å². The molecule has 1 fully saturated rings. The smallest absolute Gasteiger partial charge is 0.336 e. The molecular weight excluding hydrogens is 380 g/mol. The number of aromatic carboxylic acids is 2. The molecule has 2 heterocycles. The third-order valence-electron chi connectivity index (χ3n) is 5.52. The number of thiophene rings is 1. The molecule has 150 valence electrons. The van der Waals surface area contributed by atoms with E-state index in [-0.39, 0.29) is 23.0 Å². The first-order valence-corrected chi connectivity index (χ1v) is 10.1. The Kier molecular flexibility index (Phi) is 5.88. The van der Waals surface area contributed by atoms with Gasteiger partial charge < -0.3 is 19.7 Å². The molecule has 0 spiro atoms. The van der Waals surface area contributed by atoms with Gasteiger partial charge in [-0.2, -0.15) is 0 Å². The molecular formula is C21H24O6S. The van der Waals surface area contributed by atoms with Crippen LogP contribution in [0.4, 0.5) is 0 Å². The second-order valence-electron chi connectivity index (χ2n) is 7.04. The van der Waals surface area contributed by atoms with Gasteiger partial charge in [0.1, 0.15) is 0 Å². The number of rotatable bonds is 7. The van der Waals surface area contributed by atoms with Gasteiger partial charge in [-0.15, -0.1) is 11.3 Å². The van der Waals surface area contributed by atoms with Crippen molar-refractivity contribution < 1.29 is 29.3 Å². The Morgan fingerprint density at radius 1 is 1.04 bits per heavy atom. The predicted molar refractivity (Wildman–Crippen MR) is 105 cm³/mol. The quantitative estimate of drug-likeness (QED) is 0.697. The molecule has 0 radical (unpaired) electrons. The Balaban J connectivity index is 1.87. The van der Waals surface area contributed by atoms with Crippen molar-refractivity contribution >= 4 is 23.3 Å². The van der Waals surface area contributed by atoms with Crippen molar-refractivity contribution in [3.05, 3.63) is 56.8 Å². The zero-order chi connectivity index (χ0) is 20.5. The molecule has 28 heavy (non-hydrogen) atoms. The van der Waals surface area contributed by atoms with Crippen molar-refractivity contribution in [1.82, 2.24) is 0 Å². The van der Waals surface area contributed by atoms with E-state index in [1.165, 1.54) is 12.1 Å². The van der Waals surface area contributed by atoms with E-state index in [1.807, 2.05) is 13.8 Å². The van der Waals surface area contributed by atoms with Crippen molar-refractivity contribution in [2.45, 2.75) is 44.8 Å². The lowest BCUT2D eigenvalue weighted by molar-refractivity contribution is -0.164. The molecule has 6 nitrogen and oxygen atoms in total. The summed E-state index contributed by atoms with van der Waals surface area (Å²) in [6.07, 6.45) is 0.732. The highest BCUT2D eigenvalue weighted by molar-refractivity contribution is 7.10. The monoisotopic (exact) mass is 404 g/mol. The van der Waals surface area contributed by atoms with Crippen molar-refractivity contribution in [3.63, 3.8) is 0 Å². The molecule has 0 amide bonds. The van der Waals surface area contributed by atoms with Crippen molar-refractivity contribution in [2.75, 3.05) is 13.2 Å². The maximum absolute atomic E-state index is 11.5. The van der Waals surface area contributed by atoms with Crippen LogP contribution < -0.4 is 0 Å². The summed E-state index contributed by atoms with van der Waals surface area (Å²) in [6, 6.07) is 6.64. The molecule has 2 N–H and O–H groups in total. The minimum Gasteiger partial charge on any atom is -0.478 e. The SMILES string of the molecule is CCC1(c2cc(C(C)C(C)c3ccc(C(=O)O)c(C(=O)O)c3)cs2)OCCO1. The molecule has 7 heteroatoms. The van der Waals surface area contributed by atoms with E-state index in [1.54, 1.807) is 17.4 Å². The van der Waals surface area contributed by atoms with Crippen LogP contribution in [0.15, 0.2) is 29.6 Å². The van der Waals surface area contributed by atoms with Crippen LogP contribution in [0, 0.1) is 0 Å². The first-order valence-electron chi connectivity index (χ1n) is 9.26. The lowest BCUT2D eigenvalue weighted by Gasteiger charge is -2.24. The fraction of sp³-hybridized carbons (Fsp3) is 0.429. The van der Waals surface area contributed by atoms with Gasteiger partial charge in [0.2, 0.25) is 5.79 Å². The molecule has 1 saturated heterocycles. The van der Waals surface area contributed by atoms with Gasteiger partial charge >= 0.3 is 11.9 Å². The van der Waals surface area contributed by atoms with E-state index in [2.05, 4.69) is 18.4 Å². The highest BCUT2D eigenvalue weighted by Gasteiger charge is 2.38. The predicted octanol–water partition coefficient (Wildman–Crippen LogP) is 4.66. The maximum atomic E-state index is 11.5. The minimum atomic E-state index is -1.24. The number of hydrogen-bond donors (Lipinski definition) is 2.